The average molecular weight is 260 g/mol. The van der Waals surface area contributed by atoms with Crippen molar-refractivity contribution in [3.8, 4) is 0 Å². The predicted molar refractivity (Wildman–Crippen MR) is 65.6 cm³/mol. The summed E-state index contributed by atoms with van der Waals surface area (Å²) in [5.74, 6) is 0. The average Bonchev–Trinajstić information content (AvgIpc) is 2.76. The van der Waals surface area contributed by atoms with Gasteiger partial charge in [-0.3, -0.25) is 0 Å². The fraction of sp³-hybridized carbons (Fsp3) is 0.154. The van der Waals surface area contributed by atoms with Crippen LogP contribution in [-0.2, 0) is 6.42 Å². The fourth-order valence-electron chi connectivity index (χ4n) is 1.91. The molecule has 0 aliphatic carbocycles. The molecule has 0 aliphatic rings. The minimum absolute atomic E-state index is 0.432. The Labute approximate surface area is 94.5 Å². The molecule has 1 aromatic heterocycles. The number of benzene rings is 2. The van der Waals surface area contributed by atoms with Crippen molar-refractivity contribution in [2.75, 3.05) is 0 Å². The third kappa shape index (κ3) is 1.41. The van der Waals surface area contributed by atoms with Crippen LogP contribution >= 0.6 is 0 Å². The Morgan fingerprint density at radius 3 is 2.93 bits per heavy atom. The molecule has 0 fully saturated rings. The van der Waals surface area contributed by atoms with Gasteiger partial charge >= 0.3 is 94.3 Å². The van der Waals surface area contributed by atoms with Crippen molar-refractivity contribution >= 4 is 35.1 Å². The summed E-state index contributed by atoms with van der Waals surface area (Å²) in [5, 5.41) is 4.82. The van der Waals surface area contributed by atoms with Crippen LogP contribution in [0.5, 0.6) is 0 Å². The molecule has 0 N–H and O–H groups in total. The van der Waals surface area contributed by atoms with Gasteiger partial charge in [0.15, 0.2) is 0 Å². The predicted octanol–water partition coefficient (Wildman–Crippen LogP) is 3.01. The Morgan fingerprint density at radius 1 is 1.20 bits per heavy atom. The zero-order chi connectivity index (χ0) is 10.3. The molecule has 0 unspecified atom stereocenters. The molecule has 0 aliphatic heterocycles. The molecule has 3 aromatic rings. The summed E-state index contributed by atoms with van der Waals surface area (Å²) >= 11 is 0.432. The Balaban J connectivity index is 2.48. The number of hydrogen-bond donors (Lipinski definition) is 0. The van der Waals surface area contributed by atoms with Gasteiger partial charge in [-0.05, 0) is 0 Å². The second-order valence-corrected chi connectivity index (χ2v) is 5.47. The molecule has 1 heterocycles. The second-order valence-electron chi connectivity index (χ2n) is 3.68. The third-order valence-electron chi connectivity index (χ3n) is 2.79. The van der Waals surface area contributed by atoms with E-state index in [0.29, 0.717) is 14.5 Å². The summed E-state index contributed by atoms with van der Waals surface area (Å²) in [5.41, 5.74) is 2.59. The van der Waals surface area contributed by atoms with E-state index in [1.807, 2.05) is 0 Å². The zero-order valence-corrected chi connectivity index (χ0v) is 10.2. The summed E-state index contributed by atoms with van der Waals surface area (Å²) in [7, 11) is 0. The van der Waals surface area contributed by atoms with Crippen LogP contribution in [0.4, 0.5) is 0 Å². The molecule has 2 aromatic carbocycles. The summed E-state index contributed by atoms with van der Waals surface area (Å²) < 4.78 is 1.45. The van der Waals surface area contributed by atoms with E-state index in [1.165, 1.54) is 26.1 Å². The van der Waals surface area contributed by atoms with Crippen LogP contribution < -0.4 is 0 Å². The van der Waals surface area contributed by atoms with Crippen LogP contribution in [0.1, 0.15) is 12.5 Å². The summed E-state index contributed by atoms with van der Waals surface area (Å²) in [6.45, 7) is 2.20. The van der Waals surface area contributed by atoms with Crippen molar-refractivity contribution in [2.24, 2.45) is 0 Å². The Hall–Kier alpha value is -1.11. The van der Waals surface area contributed by atoms with Gasteiger partial charge in [0.25, 0.3) is 0 Å². The van der Waals surface area contributed by atoms with Crippen LogP contribution in [0.2, 0.25) is 0 Å². The standard InChI is InChI=1S/C13H11NSe/c1-2-9-3-4-10-5-6-12-13(11(10)7-9)15-8-14-12/h3-8H,2H2,1H3. The number of fused-ring (bicyclic) bond motifs is 3. The van der Waals surface area contributed by atoms with E-state index < -0.39 is 0 Å². The summed E-state index contributed by atoms with van der Waals surface area (Å²) in [4.78, 5) is 4.41. The van der Waals surface area contributed by atoms with Gasteiger partial charge in [-0.25, -0.2) is 0 Å². The maximum atomic E-state index is 4.41. The van der Waals surface area contributed by atoms with Crippen molar-refractivity contribution < 1.29 is 0 Å². The van der Waals surface area contributed by atoms with Crippen LogP contribution in [0.15, 0.2) is 35.4 Å². The normalized spacial score (nSPS) is 11.3. The molecule has 2 heteroatoms. The van der Waals surface area contributed by atoms with Crippen molar-refractivity contribution in [1.29, 1.82) is 0 Å². The van der Waals surface area contributed by atoms with E-state index in [-0.39, 0.29) is 0 Å². The van der Waals surface area contributed by atoms with Gasteiger partial charge in [0.1, 0.15) is 0 Å². The Kier molecular flexibility index (Phi) is 2.12. The molecular formula is C13H11NSe. The number of aromatic nitrogens is 1. The van der Waals surface area contributed by atoms with E-state index in [1.54, 1.807) is 0 Å². The first-order valence-corrected chi connectivity index (χ1v) is 6.98. The molecule has 0 atom stereocenters. The summed E-state index contributed by atoms with van der Waals surface area (Å²) in [6, 6.07) is 11.1. The maximum absolute atomic E-state index is 4.41. The molecular weight excluding hydrogens is 249 g/mol. The van der Waals surface area contributed by atoms with Crippen LogP contribution in [0, 0.1) is 0 Å². The quantitative estimate of drug-likeness (QED) is 0.613. The number of rotatable bonds is 1. The van der Waals surface area contributed by atoms with Gasteiger partial charge in [0.2, 0.25) is 0 Å². The Morgan fingerprint density at radius 2 is 2.07 bits per heavy atom. The number of nitrogens with zero attached hydrogens (tertiary/aromatic N) is 1. The monoisotopic (exact) mass is 261 g/mol. The third-order valence-corrected chi connectivity index (χ3v) is 4.62. The second kappa shape index (κ2) is 3.48. The molecule has 0 spiro atoms. The van der Waals surface area contributed by atoms with Crippen molar-refractivity contribution in [2.45, 2.75) is 13.3 Å². The molecule has 3 rings (SSSR count). The van der Waals surface area contributed by atoms with E-state index >= 15 is 0 Å². The van der Waals surface area contributed by atoms with Crippen LogP contribution in [-0.4, -0.2) is 19.5 Å². The van der Waals surface area contributed by atoms with E-state index in [0.717, 1.165) is 6.42 Å². The van der Waals surface area contributed by atoms with Crippen molar-refractivity contribution in [3.05, 3.63) is 41.0 Å². The first kappa shape index (κ1) is 9.14. The molecule has 0 saturated heterocycles. The molecule has 0 radical (unpaired) electrons. The zero-order valence-electron chi connectivity index (χ0n) is 8.53. The van der Waals surface area contributed by atoms with Gasteiger partial charge in [0, 0.05) is 0 Å². The van der Waals surface area contributed by atoms with E-state index in [9.17, 15) is 0 Å². The SMILES string of the molecule is CCc1ccc2ccc3nc[se]c3c2c1. The van der Waals surface area contributed by atoms with Gasteiger partial charge in [-0.1, -0.05) is 0 Å². The fourth-order valence-corrected chi connectivity index (χ4v) is 3.62. The van der Waals surface area contributed by atoms with Gasteiger partial charge in [-0.2, -0.15) is 0 Å². The van der Waals surface area contributed by atoms with Crippen molar-refractivity contribution in [1.82, 2.24) is 4.98 Å². The molecule has 0 bridgehead atoms. The van der Waals surface area contributed by atoms with Gasteiger partial charge in [-0.15, -0.1) is 0 Å². The molecule has 15 heavy (non-hydrogen) atoms. The number of hydrogen-bond acceptors (Lipinski definition) is 1. The van der Waals surface area contributed by atoms with Crippen LogP contribution in [0.3, 0.4) is 0 Å². The Bertz CT molecular complexity index is 625. The molecule has 0 amide bonds. The topological polar surface area (TPSA) is 12.9 Å². The number of aryl methyl sites for hydroxylation is 1. The van der Waals surface area contributed by atoms with E-state index in [4.69, 9.17) is 0 Å². The first-order chi connectivity index (χ1) is 7.38. The van der Waals surface area contributed by atoms with Crippen molar-refractivity contribution in [3.63, 3.8) is 0 Å². The molecule has 74 valence electrons. The van der Waals surface area contributed by atoms with E-state index in [2.05, 4.69) is 47.3 Å². The molecule has 0 saturated carbocycles. The van der Waals surface area contributed by atoms with Crippen LogP contribution in [0.25, 0.3) is 20.5 Å². The first-order valence-electron chi connectivity index (χ1n) is 5.13. The van der Waals surface area contributed by atoms with Gasteiger partial charge in [0.05, 0.1) is 0 Å². The van der Waals surface area contributed by atoms with Gasteiger partial charge < -0.3 is 0 Å². The molecule has 1 nitrogen and oxygen atoms in total. The summed E-state index contributed by atoms with van der Waals surface area (Å²) in [6.07, 6.45) is 1.10. The minimum atomic E-state index is 0.432.